The van der Waals surface area contributed by atoms with E-state index in [2.05, 4.69) is 10.4 Å². The molecule has 0 aliphatic rings. The number of sulfonamides is 1. The summed E-state index contributed by atoms with van der Waals surface area (Å²) >= 11 is 5.75. The molecule has 29 heavy (non-hydrogen) atoms. The van der Waals surface area contributed by atoms with Crippen LogP contribution in [0.4, 0.5) is 18.9 Å². The van der Waals surface area contributed by atoms with E-state index in [-0.39, 0.29) is 26.8 Å². The van der Waals surface area contributed by atoms with Gasteiger partial charge in [0.1, 0.15) is 11.6 Å². The molecule has 1 aromatic heterocycles. The highest BCUT2D eigenvalue weighted by Crippen LogP contribution is 2.30. The van der Waals surface area contributed by atoms with Crippen molar-refractivity contribution in [3.05, 3.63) is 46.9 Å². The maximum atomic E-state index is 13.5. The van der Waals surface area contributed by atoms with Crippen molar-refractivity contribution in [2.75, 3.05) is 5.32 Å². The molecule has 0 radical (unpaired) electrons. The molecule has 0 atom stereocenters. The highest BCUT2D eigenvalue weighted by atomic mass is 35.5. The first-order valence-corrected chi connectivity index (χ1v) is 9.69. The number of aromatic nitrogens is 2. The van der Waals surface area contributed by atoms with Gasteiger partial charge in [0, 0.05) is 22.8 Å². The number of benzene rings is 2. The lowest BCUT2D eigenvalue weighted by atomic mass is 10.1. The van der Waals surface area contributed by atoms with Crippen molar-refractivity contribution in [3.8, 4) is 5.75 Å². The number of alkyl halides is 2. The van der Waals surface area contributed by atoms with Gasteiger partial charge in [-0.15, -0.1) is 0 Å². The molecule has 0 unspecified atom stereocenters. The van der Waals surface area contributed by atoms with E-state index in [9.17, 15) is 31.5 Å². The van der Waals surface area contributed by atoms with Gasteiger partial charge in [-0.2, -0.15) is 13.9 Å². The van der Waals surface area contributed by atoms with Gasteiger partial charge in [-0.05, 0) is 24.3 Å². The topological polar surface area (TPSA) is 127 Å². The molecule has 0 aliphatic carbocycles. The number of fused-ring (bicyclic) bond motifs is 1. The lowest BCUT2D eigenvalue weighted by Crippen LogP contribution is -2.17. The Kier molecular flexibility index (Phi) is 5.43. The van der Waals surface area contributed by atoms with Crippen molar-refractivity contribution < 1.29 is 31.5 Å². The Bertz CT molecular complexity index is 1230. The third-order valence-corrected chi connectivity index (χ3v) is 5.26. The summed E-state index contributed by atoms with van der Waals surface area (Å²) in [4.78, 5) is 11.8. The number of phenolic OH excluding ortho intramolecular Hbond substituents is 1. The molecule has 1 heterocycles. The van der Waals surface area contributed by atoms with E-state index in [0.717, 1.165) is 30.5 Å². The second kappa shape index (κ2) is 7.54. The Morgan fingerprint density at radius 2 is 2.03 bits per heavy atom. The number of carbonyl (C=O) groups is 1. The van der Waals surface area contributed by atoms with Crippen LogP contribution >= 0.6 is 11.6 Å². The quantitative estimate of drug-likeness (QED) is 0.553. The third kappa shape index (κ3) is 4.28. The van der Waals surface area contributed by atoms with Crippen molar-refractivity contribution >= 4 is 44.1 Å². The molecule has 0 saturated carbocycles. The number of nitrogens with zero attached hydrogens (tertiary/aromatic N) is 2. The zero-order valence-corrected chi connectivity index (χ0v) is 15.8. The second-order valence-electron chi connectivity index (χ2n) is 5.92. The zero-order chi connectivity index (χ0) is 21.5. The molecule has 0 spiro atoms. The van der Waals surface area contributed by atoms with Gasteiger partial charge in [0.25, 0.3) is 0 Å². The van der Waals surface area contributed by atoms with E-state index in [4.69, 9.17) is 16.7 Å². The number of rotatable bonds is 5. The summed E-state index contributed by atoms with van der Waals surface area (Å²) in [6.07, 6.45) is 0.270. The molecule has 4 N–H and O–H groups in total. The summed E-state index contributed by atoms with van der Waals surface area (Å²) in [7, 11) is -4.34. The lowest BCUT2D eigenvalue weighted by Gasteiger charge is -2.10. The summed E-state index contributed by atoms with van der Waals surface area (Å²) in [5.74, 6) is -2.05. The van der Waals surface area contributed by atoms with E-state index >= 15 is 0 Å². The number of aromatic hydroxyl groups is 1. The predicted molar refractivity (Wildman–Crippen MR) is 97.8 cm³/mol. The molecular formula is C16H12ClF3N4O4S. The van der Waals surface area contributed by atoms with Gasteiger partial charge in [0.05, 0.1) is 21.9 Å². The molecule has 154 valence electrons. The molecule has 3 aromatic rings. The van der Waals surface area contributed by atoms with Gasteiger partial charge in [0.2, 0.25) is 15.9 Å². The van der Waals surface area contributed by atoms with Crippen LogP contribution in [0.2, 0.25) is 5.02 Å². The van der Waals surface area contributed by atoms with Gasteiger partial charge >= 0.3 is 6.55 Å². The number of nitrogens with one attached hydrogen (secondary N) is 1. The number of primary sulfonamides is 1. The molecule has 2 aromatic carbocycles. The largest absolute Gasteiger partial charge is 0.508 e. The first kappa shape index (κ1) is 20.9. The molecule has 13 heteroatoms. The number of anilines is 1. The molecule has 1 amide bonds. The summed E-state index contributed by atoms with van der Waals surface area (Å²) in [6.45, 7) is -3.02. The SMILES string of the molecule is NS(=O)(=O)c1cc(NC(=O)Cc2c(O)ccc(F)c2Cl)cc2nn(C(F)F)cc12. The third-order valence-electron chi connectivity index (χ3n) is 3.90. The summed E-state index contributed by atoms with van der Waals surface area (Å²) in [5, 5.41) is 20.2. The standard InChI is InChI=1S/C16H12ClF3N4O4S/c17-15-8(12(25)2-1-10(15)18)5-14(26)22-7-3-11-9(6-24(23-11)16(19)20)13(4-7)29(21,27)28/h1-4,6,16,25H,5H2,(H,22,26)(H2,21,27,28). The van der Waals surface area contributed by atoms with Gasteiger partial charge in [-0.3, -0.25) is 4.79 Å². The van der Waals surface area contributed by atoms with Crippen molar-refractivity contribution in [3.63, 3.8) is 0 Å². The van der Waals surface area contributed by atoms with Crippen molar-refractivity contribution in [2.24, 2.45) is 5.14 Å². The van der Waals surface area contributed by atoms with E-state index in [1.54, 1.807) is 0 Å². The average Bonchev–Trinajstić information content (AvgIpc) is 3.04. The van der Waals surface area contributed by atoms with Crippen LogP contribution in [-0.2, 0) is 21.2 Å². The highest BCUT2D eigenvalue weighted by Gasteiger charge is 2.21. The minimum absolute atomic E-state index is 0.113. The van der Waals surface area contributed by atoms with Crippen LogP contribution < -0.4 is 10.5 Å². The van der Waals surface area contributed by atoms with Crippen LogP contribution in [0.25, 0.3) is 10.9 Å². The van der Waals surface area contributed by atoms with E-state index in [1.807, 2.05) is 0 Å². The van der Waals surface area contributed by atoms with E-state index in [1.165, 1.54) is 0 Å². The highest BCUT2D eigenvalue weighted by molar-refractivity contribution is 7.89. The Morgan fingerprint density at radius 1 is 1.34 bits per heavy atom. The molecule has 8 nitrogen and oxygen atoms in total. The molecular weight excluding hydrogens is 437 g/mol. The number of halogens is 4. The van der Waals surface area contributed by atoms with Crippen LogP contribution in [0.1, 0.15) is 12.1 Å². The van der Waals surface area contributed by atoms with Gasteiger partial charge in [0.15, 0.2) is 0 Å². The average molecular weight is 449 g/mol. The number of phenols is 1. The number of hydrogen-bond acceptors (Lipinski definition) is 5. The Hall–Kier alpha value is -2.83. The maximum Gasteiger partial charge on any atom is 0.333 e. The molecule has 0 aliphatic heterocycles. The van der Waals surface area contributed by atoms with Gasteiger partial charge in [-0.25, -0.2) is 22.6 Å². The number of hydrogen-bond donors (Lipinski definition) is 3. The number of nitrogens with two attached hydrogens (primary N) is 1. The molecule has 3 rings (SSSR count). The summed E-state index contributed by atoms with van der Waals surface area (Å²) < 4.78 is 63.2. The number of carbonyl (C=O) groups excluding carboxylic acids is 1. The summed E-state index contributed by atoms with van der Waals surface area (Å²) in [6, 6.07) is 4.07. The lowest BCUT2D eigenvalue weighted by molar-refractivity contribution is -0.115. The van der Waals surface area contributed by atoms with Crippen molar-refractivity contribution in [2.45, 2.75) is 17.9 Å². The predicted octanol–water partition coefficient (Wildman–Crippen LogP) is 2.76. The Balaban J connectivity index is 1.98. The molecule has 0 bridgehead atoms. The number of amides is 1. The van der Waals surface area contributed by atoms with Crippen LogP contribution in [0.5, 0.6) is 5.75 Å². The van der Waals surface area contributed by atoms with Crippen LogP contribution in [0, 0.1) is 5.82 Å². The normalized spacial score (nSPS) is 11.9. The molecule has 0 fully saturated rings. The fourth-order valence-corrected chi connectivity index (χ4v) is 3.62. The molecule has 0 saturated heterocycles. The summed E-state index contributed by atoms with van der Waals surface area (Å²) in [5.41, 5.74) is -0.448. The minimum atomic E-state index is -4.34. The zero-order valence-electron chi connectivity index (χ0n) is 14.2. The first-order chi connectivity index (χ1) is 13.5. The monoisotopic (exact) mass is 448 g/mol. The minimum Gasteiger partial charge on any atom is -0.508 e. The Morgan fingerprint density at radius 3 is 2.66 bits per heavy atom. The van der Waals surface area contributed by atoms with Crippen LogP contribution in [-0.4, -0.2) is 29.2 Å². The fraction of sp³-hybridized carbons (Fsp3) is 0.125. The smallest absolute Gasteiger partial charge is 0.333 e. The van der Waals surface area contributed by atoms with E-state index < -0.39 is 50.4 Å². The Labute approximate surface area is 166 Å². The van der Waals surface area contributed by atoms with Crippen LogP contribution in [0.3, 0.4) is 0 Å². The van der Waals surface area contributed by atoms with Crippen LogP contribution in [0.15, 0.2) is 35.4 Å². The van der Waals surface area contributed by atoms with Gasteiger partial charge < -0.3 is 10.4 Å². The van der Waals surface area contributed by atoms with Crippen molar-refractivity contribution in [1.82, 2.24) is 9.78 Å². The fourth-order valence-electron chi connectivity index (χ4n) is 2.63. The first-order valence-electron chi connectivity index (χ1n) is 7.77. The van der Waals surface area contributed by atoms with Gasteiger partial charge in [-0.1, -0.05) is 11.6 Å². The van der Waals surface area contributed by atoms with E-state index in [0.29, 0.717) is 0 Å². The second-order valence-corrected chi connectivity index (χ2v) is 7.83. The maximum absolute atomic E-state index is 13.5. The van der Waals surface area contributed by atoms with Crippen molar-refractivity contribution in [1.29, 1.82) is 0 Å².